The molecule has 1 aromatic rings. The summed E-state index contributed by atoms with van der Waals surface area (Å²) in [5.41, 5.74) is 5.40. The van der Waals surface area contributed by atoms with Crippen LogP contribution in [0.1, 0.15) is 28.8 Å². The number of benzene rings is 1. The summed E-state index contributed by atoms with van der Waals surface area (Å²) >= 11 is 0. The number of hydrogen-bond donors (Lipinski definition) is 3. The molecule has 0 heterocycles. The molecule has 0 saturated carbocycles. The first-order valence-corrected chi connectivity index (χ1v) is 6.00. The largest absolute Gasteiger partial charge is 0.384 e. The summed E-state index contributed by atoms with van der Waals surface area (Å²) in [5.74, 6) is 3.51. The lowest BCUT2D eigenvalue weighted by atomic mass is 10.1. The van der Waals surface area contributed by atoms with Crippen LogP contribution in [0.25, 0.3) is 0 Å². The molecule has 2 amide bonds. The predicted octanol–water partition coefficient (Wildman–Crippen LogP) is 0.165. The van der Waals surface area contributed by atoms with E-state index in [1.54, 1.807) is 0 Å². The fourth-order valence-corrected chi connectivity index (χ4v) is 1.51. The second-order valence-electron chi connectivity index (χ2n) is 3.98. The molecule has 0 aliphatic rings. The molecule has 0 spiro atoms. The molecule has 1 rings (SSSR count). The Morgan fingerprint density at radius 2 is 2.15 bits per heavy atom. The summed E-state index contributed by atoms with van der Waals surface area (Å²) in [6.45, 7) is -0.0950. The van der Waals surface area contributed by atoms with Crippen molar-refractivity contribution in [3.8, 4) is 11.8 Å². The van der Waals surface area contributed by atoms with E-state index in [9.17, 15) is 14.0 Å². The van der Waals surface area contributed by atoms with Gasteiger partial charge in [0.1, 0.15) is 12.4 Å². The van der Waals surface area contributed by atoms with Crippen LogP contribution in [-0.4, -0.2) is 30.1 Å². The zero-order chi connectivity index (χ0) is 15.0. The van der Waals surface area contributed by atoms with E-state index in [-0.39, 0.29) is 30.7 Å². The number of nitrogens with two attached hydrogens (primary N) is 1. The van der Waals surface area contributed by atoms with E-state index >= 15 is 0 Å². The van der Waals surface area contributed by atoms with Crippen molar-refractivity contribution in [3.63, 3.8) is 0 Å². The van der Waals surface area contributed by atoms with Gasteiger partial charge in [-0.05, 0) is 24.6 Å². The molecule has 0 bridgehead atoms. The topological polar surface area (TPSA) is 92.4 Å². The number of nitrogens with one attached hydrogen (secondary N) is 1. The Balaban J connectivity index is 2.74. The molecule has 6 heteroatoms. The van der Waals surface area contributed by atoms with Crippen molar-refractivity contribution in [3.05, 3.63) is 35.1 Å². The van der Waals surface area contributed by atoms with Crippen LogP contribution in [0.4, 0.5) is 4.39 Å². The molecule has 0 fully saturated rings. The van der Waals surface area contributed by atoms with Crippen LogP contribution in [0.2, 0.25) is 0 Å². The van der Waals surface area contributed by atoms with Crippen LogP contribution >= 0.6 is 0 Å². The number of hydrogen-bond acceptors (Lipinski definition) is 3. The maximum absolute atomic E-state index is 13.1. The predicted molar refractivity (Wildman–Crippen MR) is 71.1 cm³/mol. The van der Waals surface area contributed by atoms with Gasteiger partial charge in [0.05, 0.1) is 5.56 Å². The van der Waals surface area contributed by atoms with E-state index in [0.29, 0.717) is 6.42 Å². The Kier molecular flexibility index (Phi) is 6.20. The molecule has 0 saturated heterocycles. The van der Waals surface area contributed by atoms with Crippen LogP contribution < -0.4 is 11.1 Å². The van der Waals surface area contributed by atoms with Crippen LogP contribution in [0.3, 0.4) is 0 Å². The summed E-state index contributed by atoms with van der Waals surface area (Å²) in [7, 11) is 0. The molecule has 0 aliphatic carbocycles. The maximum atomic E-state index is 13.1. The number of amides is 2. The lowest BCUT2D eigenvalue weighted by molar-refractivity contribution is -0.118. The highest BCUT2D eigenvalue weighted by molar-refractivity contribution is 5.96. The smallest absolute Gasteiger partial charge is 0.252 e. The lowest BCUT2D eigenvalue weighted by Crippen LogP contribution is -2.26. The Labute approximate surface area is 116 Å². The maximum Gasteiger partial charge on any atom is 0.252 e. The first-order chi connectivity index (χ1) is 9.54. The third-order valence-corrected chi connectivity index (χ3v) is 2.41. The molecule has 106 valence electrons. The van der Waals surface area contributed by atoms with Crippen molar-refractivity contribution in [1.82, 2.24) is 5.32 Å². The van der Waals surface area contributed by atoms with Crippen molar-refractivity contribution >= 4 is 11.8 Å². The van der Waals surface area contributed by atoms with Gasteiger partial charge in [0.2, 0.25) is 5.91 Å². The molecule has 0 aromatic heterocycles. The minimum absolute atomic E-state index is 0.181. The van der Waals surface area contributed by atoms with Crippen molar-refractivity contribution in [2.45, 2.75) is 12.8 Å². The summed E-state index contributed by atoms with van der Waals surface area (Å²) < 4.78 is 13.1. The van der Waals surface area contributed by atoms with Gasteiger partial charge in [-0.15, -0.1) is 0 Å². The highest BCUT2D eigenvalue weighted by Crippen LogP contribution is 2.10. The van der Waals surface area contributed by atoms with Gasteiger partial charge in [-0.2, -0.15) is 0 Å². The number of halogens is 1. The minimum atomic E-state index is -0.516. The van der Waals surface area contributed by atoms with E-state index in [0.717, 1.165) is 12.1 Å². The highest BCUT2D eigenvalue weighted by Gasteiger charge is 2.10. The Morgan fingerprint density at radius 1 is 1.40 bits per heavy atom. The molecular formula is C14H15FN2O3. The number of rotatable bonds is 5. The second kappa shape index (κ2) is 7.92. The second-order valence-corrected chi connectivity index (χ2v) is 3.98. The van der Waals surface area contributed by atoms with Crippen molar-refractivity contribution in [2.75, 3.05) is 13.2 Å². The summed E-state index contributed by atoms with van der Waals surface area (Å²) in [4.78, 5) is 22.5. The average molecular weight is 278 g/mol. The fraction of sp³-hybridized carbons (Fsp3) is 0.286. The van der Waals surface area contributed by atoms with E-state index in [2.05, 4.69) is 17.2 Å². The lowest BCUT2D eigenvalue weighted by Gasteiger charge is -2.06. The molecular weight excluding hydrogens is 263 g/mol. The highest BCUT2D eigenvalue weighted by atomic mass is 19.1. The molecule has 1 aromatic carbocycles. The quantitative estimate of drug-likeness (QED) is 0.529. The average Bonchev–Trinajstić information content (AvgIpc) is 2.41. The van der Waals surface area contributed by atoms with Crippen LogP contribution in [0.5, 0.6) is 0 Å². The molecule has 0 aliphatic heterocycles. The van der Waals surface area contributed by atoms with Crippen molar-refractivity contribution < 1.29 is 19.1 Å². The number of aliphatic hydroxyl groups excluding tert-OH is 1. The number of carbonyl (C=O) groups excluding carboxylic acids is 2. The van der Waals surface area contributed by atoms with Crippen molar-refractivity contribution in [2.24, 2.45) is 5.73 Å². The standard InChI is InChI=1S/C14H15FN2O3/c15-11-5-6-12(10(9-11)3-2-8-18)14(20)17-7-1-4-13(16)19/h5-6,9,18H,1,4,7-8H2,(H2,16,19)(H,17,20). The molecule has 20 heavy (non-hydrogen) atoms. The van der Waals surface area contributed by atoms with Gasteiger partial charge in [0.15, 0.2) is 0 Å². The Hall–Kier alpha value is -2.39. The zero-order valence-corrected chi connectivity index (χ0v) is 10.8. The molecule has 0 atom stereocenters. The normalized spacial score (nSPS) is 9.50. The summed E-state index contributed by atoms with van der Waals surface area (Å²) in [5, 5.41) is 11.2. The minimum Gasteiger partial charge on any atom is -0.384 e. The Bertz CT molecular complexity index is 561. The van der Waals surface area contributed by atoms with Gasteiger partial charge in [0.25, 0.3) is 5.91 Å². The number of carbonyl (C=O) groups is 2. The fourth-order valence-electron chi connectivity index (χ4n) is 1.51. The SMILES string of the molecule is NC(=O)CCCNC(=O)c1ccc(F)cc1C#CCO. The Morgan fingerprint density at radius 3 is 2.80 bits per heavy atom. The molecule has 0 radical (unpaired) electrons. The third-order valence-electron chi connectivity index (χ3n) is 2.41. The molecule has 0 unspecified atom stereocenters. The third kappa shape index (κ3) is 5.08. The summed E-state index contributed by atoms with van der Waals surface area (Å²) in [6, 6.07) is 3.60. The molecule has 4 N–H and O–H groups in total. The zero-order valence-electron chi connectivity index (χ0n) is 10.8. The van der Waals surface area contributed by atoms with Gasteiger partial charge < -0.3 is 16.2 Å². The van der Waals surface area contributed by atoms with E-state index in [1.807, 2.05) is 0 Å². The number of aliphatic hydroxyl groups is 1. The van der Waals surface area contributed by atoms with E-state index in [4.69, 9.17) is 10.8 Å². The first-order valence-electron chi connectivity index (χ1n) is 6.00. The van der Waals surface area contributed by atoms with E-state index in [1.165, 1.54) is 6.07 Å². The van der Waals surface area contributed by atoms with Gasteiger partial charge in [-0.3, -0.25) is 9.59 Å². The van der Waals surface area contributed by atoms with Gasteiger partial charge in [-0.25, -0.2) is 4.39 Å². The number of primary amides is 1. The monoisotopic (exact) mass is 278 g/mol. The molecule has 5 nitrogen and oxygen atoms in total. The van der Waals surface area contributed by atoms with Crippen molar-refractivity contribution in [1.29, 1.82) is 0 Å². The van der Waals surface area contributed by atoms with Crippen LogP contribution in [0.15, 0.2) is 18.2 Å². The van der Waals surface area contributed by atoms with Gasteiger partial charge in [-0.1, -0.05) is 11.8 Å². The van der Waals surface area contributed by atoms with Gasteiger partial charge >= 0.3 is 0 Å². The van der Waals surface area contributed by atoms with Crippen LogP contribution in [-0.2, 0) is 4.79 Å². The van der Waals surface area contributed by atoms with Gasteiger partial charge in [0, 0.05) is 18.5 Å². The first kappa shape index (κ1) is 15.7. The van der Waals surface area contributed by atoms with E-state index < -0.39 is 17.6 Å². The summed E-state index contributed by atoms with van der Waals surface area (Å²) in [6.07, 6.45) is 0.612. The van der Waals surface area contributed by atoms with Crippen LogP contribution in [0, 0.1) is 17.7 Å².